The largest absolute Gasteiger partial charge is 0.366 e. The second-order valence-corrected chi connectivity index (χ2v) is 8.38. The van der Waals surface area contributed by atoms with Crippen LogP contribution < -0.4 is 10.4 Å². The van der Waals surface area contributed by atoms with Crippen LogP contribution in [0.3, 0.4) is 0 Å². The van der Waals surface area contributed by atoms with Crippen LogP contribution in [0.25, 0.3) is 0 Å². The molecule has 7 heteroatoms. The molecule has 5 nitrogen and oxygen atoms in total. The third-order valence-corrected chi connectivity index (χ3v) is 5.66. The Morgan fingerprint density at radius 1 is 1.20 bits per heavy atom. The molecule has 0 aliphatic carbocycles. The highest BCUT2D eigenvalue weighted by molar-refractivity contribution is 7.90. The number of hydrogen-bond acceptors (Lipinski definition) is 5. The zero-order chi connectivity index (χ0) is 18.2. The van der Waals surface area contributed by atoms with Crippen LogP contribution in [-0.4, -0.2) is 25.8 Å². The molecule has 1 saturated heterocycles. The molecule has 2 atom stereocenters. The van der Waals surface area contributed by atoms with Gasteiger partial charge in [0, 0.05) is 24.3 Å². The molecule has 0 radical (unpaired) electrons. The van der Waals surface area contributed by atoms with E-state index in [0.717, 1.165) is 12.7 Å². The normalized spacial score (nSPS) is 23.8. The average molecular weight is 364 g/mol. The van der Waals surface area contributed by atoms with Gasteiger partial charge in [-0.25, -0.2) is 18.2 Å². The molecule has 2 unspecified atom stereocenters. The minimum Gasteiger partial charge on any atom is -0.366 e. The minimum absolute atomic E-state index is 0.0460. The Balaban J connectivity index is 2.01. The van der Waals surface area contributed by atoms with E-state index in [-0.39, 0.29) is 16.8 Å². The number of aliphatic hydroxyl groups is 1. The summed E-state index contributed by atoms with van der Waals surface area (Å²) in [4.78, 5) is 0.216. The van der Waals surface area contributed by atoms with Crippen molar-refractivity contribution in [3.8, 4) is 0 Å². The summed E-state index contributed by atoms with van der Waals surface area (Å²) in [6.07, 6.45) is 2.39. The molecule has 25 heavy (non-hydrogen) atoms. The minimum atomic E-state index is -3.29. The molecular weight excluding hydrogens is 343 g/mol. The summed E-state index contributed by atoms with van der Waals surface area (Å²) in [6, 6.07) is 12.1. The number of nitrogens with zero attached hydrogens (tertiary/aromatic N) is 1. The topological polar surface area (TPSA) is 69.6 Å². The fraction of sp³-hybridized carbons (Fsp3) is 0.333. The molecule has 1 fully saturated rings. The van der Waals surface area contributed by atoms with Crippen LogP contribution in [0, 0.1) is 5.82 Å². The number of hydrogen-bond donors (Lipinski definition) is 2. The van der Waals surface area contributed by atoms with E-state index in [1.165, 1.54) is 24.3 Å². The smallest absolute Gasteiger partial charge is 0.179 e. The number of sulfone groups is 1. The van der Waals surface area contributed by atoms with Crippen LogP contribution in [0.4, 0.5) is 10.1 Å². The zero-order valence-corrected chi connectivity index (χ0v) is 14.9. The Bertz CT molecular complexity index is 853. The summed E-state index contributed by atoms with van der Waals surface area (Å²) in [5.74, 6) is -0.366. The van der Waals surface area contributed by atoms with E-state index in [4.69, 9.17) is 0 Å². The summed E-state index contributed by atoms with van der Waals surface area (Å²) >= 11 is 0. The van der Waals surface area contributed by atoms with Gasteiger partial charge in [-0.3, -0.25) is 5.01 Å². The lowest BCUT2D eigenvalue weighted by Crippen LogP contribution is -2.46. The first kappa shape index (κ1) is 17.8. The van der Waals surface area contributed by atoms with E-state index >= 15 is 0 Å². The van der Waals surface area contributed by atoms with E-state index in [1.54, 1.807) is 29.3 Å². The summed E-state index contributed by atoms with van der Waals surface area (Å²) in [5, 5.41) is 12.9. The molecule has 0 aromatic heterocycles. The number of nitrogens with one attached hydrogen (secondary N) is 1. The predicted octanol–water partition coefficient (Wildman–Crippen LogP) is 2.57. The number of rotatable bonds is 4. The summed E-state index contributed by atoms with van der Waals surface area (Å²) in [6.45, 7) is 2.01. The van der Waals surface area contributed by atoms with Crippen LogP contribution >= 0.6 is 0 Å². The summed E-state index contributed by atoms with van der Waals surface area (Å²) in [5.41, 5.74) is 3.12. The van der Waals surface area contributed by atoms with Gasteiger partial charge in [-0.1, -0.05) is 19.1 Å². The highest BCUT2D eigenvalue weighted by atomic mass is 32.2. The zero-order valence-electron chi connectivity index (χ0n) is 14.1. The molecule has 0 bridgehead atoms. The van der Waals surface area contributed by atoms with Crippen LogP contribution in [-0.2, 0) is 15.6 Å². The first-order valence-electron chi connectivity index (χ1n) is 8.09. The molecule has 2 N–H and O–H groups in total. The monoisotopic (exact) mass is 364 g/mol. The molecule has 3 rings (SSSR count). The first-order chi connectivity index (χ1) is 11.7. The van der Waals surface area contributed by atoms with Gasteiger partial charge in [-0.2, -0.15) is 0 Å². The lowest BCUT2D eigenvalue weighted by atomic mass is 9.95. The van der Waals surface area contributed by atoms with Crippen LogP contribution in [0.1, 0.15) is 25.3 Å². The Hall–Kier alpha value is -1.96. The SMILES string of the molecule is CCC1CC(O)(c2ccc(F)cc2)N(c2ccc(S(C)(=O)=O)cc2)N1. The second-order valence-electron chi connectivity index (χ2n) is 6.36. The Morgan fingerprint density at radius 2 is 1.80 bits per heavy atom. The quantitative estimate of drug-likeness (QED) is 0.873. The average Bonchev–Trinajstić information content (AvgIpc) is 2.93. The van der Waals surface area contributed by atoms with Gasteiger partial charge in [-0.15, -0.1) is 0 Å². The van der Waals surface area contributed by atoms with E-state index in [2.05, 4.69) is 5.43 Å². The maximum Gasteiger partial charge on any atom is 0.179 e. The van der Waals surface area contributed by atoms with Crippen molar-refractivity contribution in [2.75, 3.05) is 11.3 Å². The molecular formula is C18H21FN2O3S. The lowest BCUT2D eigenvalue weighted by molar-refractivity contribution is 0.0433. The molecule has 0 saturated carbocycles. The van der Waals surface area contributed by atoms with Crippen LogP contribution in [0.15, 0.2) is 53.4 Å². The van der Waals surface area contributed by atoms with E-state index in [1.807, 2.05) is 6.92 Å². The summed E-state index contributed by atoms with van der Waals surface area (Å²) < 4.78 is 36.5. The molecule has 134 valence electrons. The van der Waals surface area contributed by atoms with Crippen LogP contribution in [0.5, 0.6) is 0 Å². The van der Waals surface area contributed by atoms with Gasteiger partial charge in [0.05, 0.1) is 10.6 Å². The maximum atomic E-state index is 13.2. The first-order valence-corrected chi connectivity index (χ1v) is 9.98. The van der Waals surface area contributed by atoms with Crippen molar-refractivity contribution in [2.24, 2.45) is 0 Å². The van der Waals surface area contributed by atoms with E-state index in [0.29, 0.717) is 17.7 Å². The Kier molecular flexibility index (Phi) is 4.57. The number of anilines is 1. The molecule has 1 aliphatic rings. The van der Waals surface area contributed by atoms with Gasteiger partial charge < -0.3 is 5.11 Å². The van der Waals surface area contributed by atoms with Crippen molar-refractivity contribution in [1.82, 2.24) is 5.43 Å². The van der Waals surface area contributed by atoms with Gasteiger partial charge in [-0.05, 0) is 42.8 Å². The van der Waals surface area contributed by atoms with Crippen molar-refractivity contribution in [3.63, 3.8) is 0 Å². The number of halogens is 1. The number of hydrazine groups is 1. The molecule has 0 spiro atoms. The second kappa shape index (κ2) is 6.40. The third kappa shape index (κ3) is 3.40. The molecule has 0 amide bonds. The van der Waals surface area contributed by atoms with Crippen molar-refractivity contribution in [3.05, 3.63) is 59.9 Å². The van der Waals surface area contributed by atoms with E-state index < -0.39 is 15.6 Å². The van der Waals surface area contributed by atoms with Gasteiger partial charge in [0.15, 0.2) is 15.6 Å². The van der Waals surface area contributed by atoms with Gasteiger partial charge >= 0.3 is 0 Å². The summed E-state index contributed by atoms with van der Waals surface area (Å²) in [7, 11) is -3.29. The fourth-order valence-electron chi connectivity index (χ4n) is 3.10. The molecule has 2 aromatic rings. The fourth-order valence-corrected chi connectivity index (χ4v) is 3.73. The molecule has 1 heterocycles. The standard InChI is InChI=1S/C18H21FN2O3S/c1-3-15-12-18(22,13-4-6-14(19)7-5-13)21(20-15)16-8-10-17(11-9-16)25(2,23)24/h4-11,15,20,22H,3,12H2,1-2H3. The highest BCUT2D eigenvalue weighted by Crippen LogP contribution is 2.39. The Morgan fingerprint density at radius 3 is 2.32 bits per heavy atom. The molecule has 2 aromatic carbocycles. The predicted molar refractivity (Wildman–Crippen MR) is 94.2 cm³/mol. The van der Waals surface area contributed by atoms with Gasteiger partial charge in [0.2, 0.25) is 0 Å². The maximum absolute atomic E-state index is 13.2. The van der Waals surface area contributed by atoms with Crippen molar-refractivity contribution >= 4 is 15.5 Å². The van der Waals surface area contributed by atoms with Crippen LogP contribution in [0.2, 0.25) is 0 Å². The van der Waals surface area contributed by atoms with Gasteiger partial charge in [0.1, 0.15) is 5.82 Å². The molecule has 1 aliphatic heterocycles. The van der Waals surface area contributed by atoms with Crippen molar-refractivity contribution in [1.29, 1.82) is 0 Å². The third-order valence-electron chi connectivity index (χ3n) is 4.54. The van der Waals surface area contributed by atoms with E-state index in [9.17, 15) is 17.9 Å². The van der Waals surface area contributed by atoms with Gasteiger partial charge in [0.25, 0.3) is 0 Å². The lowest BCUT2D eigenvalue weighted by Gasteiger charge is -2.35. The van der Waals surface area contributed by atoms with Crippen molar-refractivity contribution < 1.29 is 17.9 Å². The Labute approximate surface area is 147 Å². The highest BCUT2D eigenvalue weighted by Gasteiger charge is 2.45. The number of benzene rings is 2. The van der Waals surface area contributed by atoms with Crippen molar-refractivity contribution in [2.45, 2.75) is 36.4 Å².